The van der Waals surface area contributed by atoms with Crippen LogP contribution in [0.4, 0.5) is 0 Å². The number of fused-ring (bicyclic) bond motifs is 2. The van der Waals surface area contributed by atoms with Crippen molar-refractivity contribution >= 4 is 28.3 Å². The molecule has 1 saturated heterocycles. The molecule has 0 spiro atoms. The van der Waals surface area contributed by atoms with Gasteiger partial charge >= 0.3 is 185 Å². The van der Waals surface area contributed by atoms with E-state index in [0.717, 1.165) is 7.25 Å². The maximum atomic E-state index is 2.64. The summed E-state index contributed by atoms with van der Waals surface area (Å²) >= 11 is -2.47. The van der Waals surface area contributed by atoms with Crippen molar-refractivity contribution in [2.24, 2.45) is 0 Å². The second-order valence-electron chi connectivity index (χ2n) is 11.6. The van der Waals surface area contributed by atoms with Crippen LogP contribution in [0.25, 0.3) is 12.2 Å². The van der Waals surface area contributed by atoms with E-state index >= 15 is 0 Å². The molecule has 2 aromatic carbocycles. The smallest absolute Gasteiger partial charge is 1.00 e. The predicted octanol–water partition coefficient (Wildman–Crippen LogP) is 2.03. The van der Waals surface area contributed by atoms with Gasteiger partial charge < -0.3 is 24.8 Å². The van der Waals surface area contributed by atoms with Gasteiger partial charge in [0.1, 0.15) is 0 Å². The van der Waals surface area contributed by atoms with E-state index in [1.165, 1.54) is 0 Å². The van der Waals surface area contributed by atoms with Crippen LogP contribution in [-0.4, -0.2) is 16.1 Å². The molecular formula is C26H34Cl2Si2Zr. The SMILES string of the molecule is C[Si](C)(C)C1=Cc2ccccc2[CH]1[Zr+2]1([CH]2C([Si](C)(C)C)=Cc3ccccc32)[CH2][CH2]1.[Cl-].[Cl-]. The van der Waals surface area contributed by atoms with Crippen molar-refractivity contribution < 1.29 is 45.1 Å². The fourth-order valence-electron chi connectivity index (χ4n) is 6.07. The van der Waals surface area contributed by atoms with Gasteiger partial charge in [0.2, 0.25) is 0 Å². The first kappa shape index (κ1) is 25.4. The molecule has 5 heteroatoms. The van der Waals surface area contributed by atoms with Crippen molar-refractivity contribution in [2.75, 3.05) is 0 Å². The Bertz CT molecular complexity index is 974. The first-order chi connectivity index (χ1) is 13.6. The van der Waals surface area contributed by atoms with Gasteiger partial charge in [-0.15, -0.1) is 0 Å². The van der Waals surface area contributed by atoms with Gasteiger partial charge in [-0.05, 0) is 0 Å². The van der Waals surface area contributed by atoms with E-state index in [4.69, 9.17) is 0 Å². The van der Waals surface area contributed by atoms with Crippen LogP contribution in [0.5, 0.6) is 0 Å². The molecule has 0 radical (unpaired) electrons. The standard InChI is InChI=1S/2C12H15Si.C2H4.2ClH.Zr/c2*1-13(2,3)12-8-10-6-4-5-7-11(10)9-12;1-2;;;/h2*4-9H,1-3H3;1-2H2;2*1H;/q;;;;;+2/p-2. The minimum absolute atomic E-state index is 0. The van der Waals surface area contributed by atoms with Crippen molar-refractivity contribution in [2.45, 2.75) is 54.8 Å². The second kappa shape index (κ2) is 8.55. The average Bonchev–Trinajstić information content (AvgIpc) is 3.16. The van der Waals surface area contributed by atoms with E-state index in [1.54, 1.807) is 30.5 Å². The summed E-state index contributed by atoms with van der Waals surface area (Å²) in [5.74, 6) is 0. The summed E-state index contributed by atoms with van der Waals surface area (Å²) in [6.45, 7) is 15.5. The van der Waals surface area contributed by atoms with E-state index in [1.807, 2.05) is 10.4 Å². The third-order valence-electron chi connectivity index (χ3n) is 7.57. The van der Waals surface area contributed by atoms with Crippen LogP contribution in [0.3, 0.4) is 0 Å². The van der Waals surface area contributed by atoms with Crippen LogP contribution >= 0.6 is 0 Å². The quantitative estimate of drug-likeness (QED) is 0.499. The van der Waals surface area contributed by atoms with Crippen LogP contribution in [0.1, 0.15) is 29.5 Å². The molecule has 0 amide bonds. The summed E-state index contributed by atoms with van der Waals surface area (Å²) in [6.07, 6.45) is 5.28. The third-order valence-corrected chi connectivity index (χ3v) is 26.1. The second-order valence-corrected chi connectivity index (χ2v) is 33.1. The molecule has 164 valence electrons. The van der Waals surface area contributed by atoms with Crippen molar-refractivity contribution in [3.05, 3.63) is 81.2 Å². The minimum Gasteiger partial charge on any atom is -1.00 e. The predicted molar refractivity (Wildman–Crippen MR) is 131 cm³/mol. The van der Waals surface area contributed by atoms with Crippen molar-refractivity contribution in [1.82, 2.24) is 0 Å². The van der Waals surface area contributed by atoms with E-state index in [2.05, 4.69) is 100.0 Å². The molecular weight excluding hydrogens is 531 g/mol. The van der Waals surface area contributed by atoms with Crippen molar-refractivity contribution in [3.63, 3.8) is 0 Å². The first-order valence-corrected chi connectivity index (χ1v) is 24.6. The van der Waals surface area contributed by atoms with Crippen LogP contribution in [0.15, 0.2) is 58.9 Å². The van der Waals surface area contributed by atoms with Crippen molar-refractivity contribution in [1.29, 1.82) is 0 Å². The van der Waals surface area contributed by atoms with E-state index in [9.17, 15) is 0 Å². The van der Waals surface area contributed by atoms with Gasteiger partial charge in [0.05, 0.1) is 0 Å². The minimum atomic E-state index is -2.47. The number of hydrogen-bond donors (Lipinski definition) is 0. The van der Waals surface area contributed by atoms with E-state index < -0.39 is 36.4 Å². The molecule has 1 fully saturated rings. The fourth-order valence-corrected chi connectivity index (χ4v) is 35.4. The first-order valence-electron chi connectivity index (χ1n) is 11.2. The monoisotopic (exact) mass is 562 g/mol. The number of halogens is 2. The molecule has 31 heavy (non-hydrogen) atoms. The van der Waals surface area contributed by atoms with Gasteiger partial charge in [-0.2, -0.15) is 0 Å². The maximum absolute atomic E-state index is 2.64. The summed E-state index contributed by atoms with van der Waals surface area (Å²) in [5.41, 5.74) is 6.50. The number of rotatable bonds is 4. The Balaban J connectivity index is 0.00000136. The Morgan fingerprint density at radius 1 is 0.613 bits per heavy atom. The van der Waals surface area contributed by atoms with Gasteiger partial charge in [0.15, 0.2) is 0 Å². The normalized spacial score (nSPS) is 22.0. The molecule has 0 N–H and O–H groups in total. The molecule has 2 aromatic rings. The largest absolute Gasteiger partial charge is 1.00 e. The Morgan fingerprint density at radius 2 is 0.968 bits per heavy atom. The summed E-state index contributed by atoms with van der Waals surface area (Å²) in [5, 5.41) is 3.76. The molecule has 2 aliphatic carbocycles. The molecule has 3 aliphatic rings. The van der Waals surface area contributed by atoms with E-state index in [-0.39, 0.29) is 24.8 Å². The zero-order valence-electron chi connectivity index (χ0n) is 19.6. The van der Waals surface area contributed by atoms with Crippen LogP contribution in [-0.2, 0) is 20.3 Å². The summed E-state index contributed by atoms with van der Waals surface area (Å²) < 4.78 is 4.80. The molecule has 2 unspecified atom stereocenters. The van der Waals surface area contributed by atoms with Gasteiger partial charge in [-0.3, -0.25) is 0 Å². The van der Waals surface area contributed by atoms with Gasteiger partial charge in [-0.25, -0.2) is 0 Å². The molecule has 5 rings (SSSR count). The Hall–Kier alpha value is -0.183. The van der Waals surface area contributed by atoms with Gasteiger partial charge in [-0.1, -0.05) is 0 Å². The zero-order chi connectivity index (χ0) is 20.6. The fraction of sp³-hybridized carbons (Fsp3) is 0.385. The summed E-state index contributed by atoms with van der Waals surface area (Å²) in [7, 11) is -2.72. The topological polar surface area (TPSA) is 0 Å². The van der Waals surface area contributed by atoms with Crippen LogP contribution < -0.4 is 24.8 Å². The molecule has 0 nitrogen and oxygen atoms in total. The molecule has 0 saturated carbocycles. The molecule has 0 bridgehead atoms. The molecule has 1 aliphatic heterocycles. The van der Waals surface area contributed by atoms with E-state index in [0.29, 0.717) is 0 Å². The van der Waals surface area contributed by atoms with Crippen LogP contribution in [0.2, 0.25) is 47.5 Å². The summed E-state index contributed by atoms with van der Waals surface area (Å²) in [4.78, 5) is 0. The number of benzene rings is 2. The Kier molecular flexibility index (Phi) is 7.02. The van der Waals surface area contributed by atoms with Crippen LogP contribution in [0, 0.1) is 0 Å². The zero-order valence-corrected chi connectivity index (χ0v) is 25.6. The third kappa shape index (κ3) is 4.12. The Morgan fingerprint density at radius 3 is 1.29 bits per heavy atom. The average molecular weight is 565 g/mol. The van der Waals surface area contributed by atoms with Gasteiger partial charge in [0, 0.05) is 0 Å². The molecule has 1 heterocycles. The van der Waals surface area contributed by atoms with Crippen molar-refractivity contribution in [3.8, 4) is 0 Å². The molecule has 0 aromatic heterocycles. The summed E-state index contributed by atoms with van der Waals surface area (Å²) in [6, 6.07) is 18.8. The molecule has 2 atom stereocenters. The van der Waals surface area contributed by atoms with Gasteiger partial charge in [0.25, 0.3) is 0 Å². The maximum Gasteiger partial charge on any atom is -1.00 e. The number of allylic oxidation sites excluding steroid dienone is 2. The Labute approximate surface area is 207 Å². The number of hydrogen-bond acceptors (Lipinski definition) is 0.